The molecule has 1 saturated heterocycles. The molecule has 2 heterocycles. The van der Waals surface area contributed by atoms with Crippen molar-refractivity contribution in [2.45, 2.75) is 44.7 Å². The van der Waals surface area contributed by atoms with Gasteiger partial charge in [-0.2, -0.15) is 4.98 Å². The molecule has 1 amide bonds. The number of rotatable bonds is 5. The van der Waals surface area contributed by atoms with E-state index in [1.165, 1.54) is 12.8 Å². The number of halogens is 1. The minimum atomic E-state index is 0.186. The van der Waals surface area contributed by atoms with Gasteiger partial charge in [-0.15, -0.1) is 0 Å². The van der Waals surface area contributed by atoms with Gasteiger partial charge in [-0.05, 0) is 31.4 Å². The standard InChI is InChI=1S/C21H27ClN6O2/c1-23-21(25-17-9-10-28(13-17)20(29)14-5-2-3-6-14)24-12-18-26-19(27-30-18)15-7-4-8-16(22)11-15/h4,7-8,11,14,17H,2-3,5-6,9-10,12-13H2,1H3,(H2,23,24,25). The normalized spacial score (nSPS) is 20.0. The van der Waals surface area contributed by atoms with E-state index >= 15 is 0 Å². The van der Waals surface area contributed by atoms with Crippen molar-refractivity contribution in [3.63, 3.8) is 0 Å². The summed E-state index contributed by atoms with van der Waals surface area (Å²) in [6.07, 6.45) is 5.35. The molecule has 2 N–H and O–H groups in total. The minimum absolute atomic E-state index is 0.186. The Labute approximate surface area is 181 Å². The summed E-state index contributed by atoms with van der Waals surface area (Å²) in [7, 11) is 1.72. The fourth-order valence-electron chi connectivity index (χ4n) is 4.13. The van der Waals surface area contributed by atoms with Gasteiger partial charge in [0.25, 0.3) is 0 Å². The first-order valence-electron chi connectivity index (χ1n) is 10.5. The average molecular weight is 431 g/mol. The Kier molecular flexibility index (Phi) is 6.52. The van der Waals surface area contributed by atoms with Crippen LogP contribution >= 0.6 is 11.6 Å². The second kappa shape index (κ2) is 9.47. The monoisotopic (exact) mass is 430 g/mol. The Morgan fingerprint density at radius 3 is 2.93 bits per heavy atom. The van der Waals surface area contributed by atoms with E-state index in [9.17, 15) is 4.79 Å². The summed E-state index contributed by atoms with van der Waals surface area (Å²) in [4.78, 5) is 23.3. The lowest BCUT2D eigenvalue weighted by atomic mass is 10.1. The summed E-state index contributed by atoms with van der Waals surface area (Å²) in [5, 5.41) is 11.2. The number of nitrogens with one attached hydrogen (secondary N) is 2. The average Bonchev–Trinajstić information content (AvgIpc) is 3.52. The van der Waals surface area contributed by atoms with E-state index in [1.807, 2.05) is 17.0 Å². The number of benzene rings is 1. The highest BCUT2D eigenvalue weighted by Gasteiger charge is 2.32. The SMILES string of the molecule is CN=C(NCc1nc(-c2cccc(Cl)c2)no1)NC1CCN(C(=O)C2CCCC2)C1. The molecule has 1 atom stereocenters. The summed E-state index contributed by atoms with van der Waals surface area (Å²) in [5.41, 5.74) is 0.804. The van der Waals surface area contributed by atoms with Crippen LogP contribution in [0.4, 0.5) is 0 Å². The Bertz CT molecular complexity index is 908. The first-order chi connectivity index (χ1) is 14.6. The zero-order valence-corrected chi connectivity index (χ0v) is 17.9. The molecule has 0 bridgehead atoms. The van der Waals surface area contributed by atoms with E-state index in [0.29, 0.717) is 35.1 Å². The van der Waals surface area contributed by atoms with Crippen LogP contribution in [0.15, 0.2) is 33.8 Å². The maximum atomic E-state index is 12.6. The van der Waals surface area contributed by atoms with E-state index in [4.69, 9.17) is 16.1 Å². The molecule has 1 aliphatic carbocycles. The summed E-state index contributed by atoms with van der Waals surface area (Å²) in [6.45, 7) is 1.87. The van der Waals surface area contributed by atoms with Crippen molar-refractivity contribution in [1.29, 1.82) is 0 Å². The first-order valence-corrected chi connectivity index (χ1v) is 10.8. The van der Waals surface area contributed by atoms with Crippen LogP contribution in [-0.4, -0.2) is 53.1 Å². The highest BCUT2D eigenvalue weighted by molar-refractivity contribution is 6.30. The fraction of sp³-hybridized carbons (Fsp3) is 0.524. The van der Waals surface area contributed by atoms with Gasteiger partial charge in [-0.1, -0.05) is 41.7 Å². The van der Waals surface area contributed by atoms with Gasteiger partial charge in [-0.25, -0.2) is 0 Å². The fourth-order valence-corrected chi connectivity index (χ4v) is 4.32. The summed E-state index contributed by atoms with van der Waals surface area (Å²) < 4.78 is 5.33. The van der Waals surface area contributed by atoms with Gasteiger partial charge >= 0.3 is 0 Å². The number of carbonyl (C=O) groups is 1. The second-order valence-electron chi connectivity index (χ2n) is 7.84. The summed E-state index contributed by atoms with van der Waals surface area (Å²) in [6, 6.07) is 7.51. The number of aliphatic imine (C=N–C) groups is 1. The van der Waals surface area contributed by atoms with Crippen LogP contribution in [0, 0.1) is 5.92 Å². The van der Waals surface area contributed by atoms with Crippen molar-refractivity contribution < 1.29 is 9.32 Å². The molecule has 9 heteroatoms. The first kappa shape index (κ1) is 20.7. The maximum absolute atomic E-state index is 12.6. The van der Waals surface area contributed by atoms with E-state index < -0.39 is 0 Å². The van der Waals surface area contributed by atoms with Crippen molar-refractivity contribution in [2.24, 2.45) is 10.9 Å². The molecule has 30 heavy (non-hydrogen) atoms. The van der Waals surface area contributed by atoms with Gasteiger partial charge in [0.05, 0.1) is 6.54 Å². The van der Waals surface area contributed by atoms with Crippen molar-refractivity contribution >= 4 is 23.5 Å². The highest BCUT2D eigenvalue weighted by atomic mass is 35.5. The number of hydrogen-bond donors (Lipinski definition) is 2. The topological polar surface area (TPSA) is 95.7 Å². The number of likely N-dealkylation sites (tertiary alicyclic amines) is 1. The number of nitrogens with zero attached hydrogens (tertiary/aromatic N) is 4. The van der Waals surface area contributed by atoms with Crippen LogP contribution in [0.5, 0.6) is 0 Å². The van der Waals surface area contributed by atoms with Crippen molar-refractivity contribution in [3.8, 4) is 11.4 Å². The molecule has 0 radical (unpaired) electrons. The van der Waals surface area contributed by atoms with Crippen LogP contribution < -0.4 is 10.6 Å². The van der Waals surface area contributed by atoms with Crippen LogP contribution in [0.3, 0.4) is 0 Å². The molecule has 4 rings (SSSR count). The van der Waals surface area contributed by atoms with Crippen LogP contribution in [0.2, 0.25) is 5.02 Å². The minimum Gasteiger partial charge on any atom is -0.352 e. The molecule has 2 fully saturated rings. The summed E-state index contributed by atoms with van der Waals surface area (Å²) in [5.74, 6) is 2.15. The van der Waals surface area contributed by atoms with Gasteiger partial charge in [-0.3, -0.25) is 9.79 Å². The largest absolute Gasteiger partial charge is 0.352 e. The Morgan fingerprint density at radius 1 is 1.33 bits per heavy atom. The quantitative estimate of drug-likeness (QED) is 0.559. The number of hydrogen-bond acceptors (Lipinski definition) is 5. The molecule has 2 aliphatic rings. The van der Waals surface area contributed by atoms with Gasteiger partial charge < -0.3 is 20.1 Å². The third-order valence-corrected chi connectivity index (χ3v) is 5.96. The van der Waals surface area contributed by atoms with Gasteiger partial charge in [0.15, 0.2) is 5.96 Å². The lowest BCUT2D eigenvalue weighted by Gasteiger charge is -2.21. The van der Waals surface area contributed by atoms with Crippen LogP contribution in [-0.2, 0) is 11.3 Å². The Morgan fingerprint density at radius 2 is 2.17 bits per heavy atom. The van der Waals surface area contributed by atoms with Gasteiger partial charge in [0.2, 0.25) is 17.6 Å². The van der Waals surface area contributed by atoms with E-state index in [1.54, 1.807) is 19.2 Å². The number of aromatic nitrogens is 2. The van der Waals surface area contributed by atoms with Crippen LogP contribution in [0.1, 0.15) is 38.0 Å². The third kappa shape index (κ3) is 4.92. The Balaban J connectivity index is 1.27. The molecule has 160 valence electrons. The maximum Gasteiger partial charge on any atom is 0.246 e. The molecule has 1 aliphatic heterocycles. The van der Waals surface area contributed by atoms with Crippen molar-refractivity contribution in [3.05, 3.63) is 35.2 Å². The predicted molar refractivity (Wildman–Crippen MR) is 115 cm³/mol. The van der Waals surface area contributed by atoms with Gasteiger partial charge in [0, 0.05) is 42.7 Å². The highest BCUT2D eigenvalue weighted by Crippen LogP contribution is 2.27. The molecule has 1 saturated carbocycles. The summed E-state index contributed by atoms with van der Waals surface area (Å²) >= 11 is 6.02. The molecule has 1 aromatic carbocycles. The predicted octanol–water partition coefficient (Wildman–Crippen LogP) is 2.85. The van der Waals surface area contributed by atoms with E-state index in [2.05, 4.69) is 25.8 Å². The van der Waals surface area contributed by atoms with E-state index in [0.717, 1.165) is 37.9 Å². The second-order valence-corrected chi connectivity index (χ2v) is 8.28. The molecule has 2 aromatic rings. The van der Waals surface area contributed by atoms with Crippen molar-refractivity contribution in [2.75, 3.05) is 20.1 Å². The number of guanidine groups is 1. The molecule has 1 unspecified atom stereocenters. The molecule has 1 aromatic heterocycles. The zero-order valence-electron chi connectivity index (χ0n) is 17.1. The molecular weight excluding hydrogens is 404 g/mol. The van der Waals surface area contributed by atoms with Crippen molar-refractivity contribution in [1.82, 2.24) is 25.7 Å². The van der Waals surface area contributed by atoms with Gasteiger partial charge in [0.1, 0.15) is 0 Å². The smallest absolute Gasteiger partial charge is 0.246 e. The number of amides is 1. The lowest BCUT2D eigenvalue weighted by Crippen LogP contribution is -2.45. The number of carbonyl (C=O) groups excluding carboxylic acids is 1. The molecule has 8 nitrogen and oxygen atoms in total. The molecule has 0 spiro atoms. The molecular formula is C21H27ClN6O2. The van der Waals surface area contributed by atoms with Crippen LogP contribution in [0.25, 0.3) is 11.4 Å². The lowest BCUT2D eigenvalue weighted by molar-refractivity contribution is -0.134. The Hall–Kier alpha value is -2.61. The third-order valence-electron chi connectivity index (χ3n) is 5.73. The van der Waals surface area contributed by atoms with E-state index in [-0.39, 0.29) is 12.0 Å². The zero-order chi connectivity index (χ0) is 20.9.